The highest BCUT2D eigenvalue weighted by Crippen LogP contribution is 2.83. The van der Waals surface area contributed by atoms with Crippen molar-refractivity contribution in [2.45, 2.75) is 37.5 Å². The molecule has 1 heterocycles. The number of nitrogens with zero attached hydrogens (tertiary/aromatic N) is 2. The first-order valence-corrected chi connectivity index (χ1v) is 24.6. The van der Waals surface area contributed by atoms with Crippen LogP contribution < -0.4 is 4.90 Å². The quantitative estimate of drug-likeness (QED) is 0.155. The molecule has 0 N–H and O–H groups in total. The van der Waals surface area contributed by atoms with Crippen LogP contribution in [0, 0.1) is 29.1 Å². The number of benzene rings is 9. The van der Waals surface area contributed by atoms with Gasteiger partial charge in [0, 0.05) is 38.9 Å². The second-order valence-corrected chi connectivity index (χ2v) is 20.6. The van der Waals surface area contributed by atoms with Gasteiger partial charge in [-0.1, -0.05) is 152 Å². The van der Waals surface area contributed by atoms with Gasteiger partial charge in [0.15, 0.2) is 0 Å². The lowest BCUT2D eigenvalue weighted by molar-refractivity contribution is -0.0193. The fraction of sp³-hybridized carbons (Fsp3) is 0.169. The lowest BCUT2D eigenvalue weighted by Crippen LogP contribution is -2.50. The zero-order valence-electron chi connectivity index (χ0n) is 37.5. The van der Waals surface area contributed by atoms with E-state index in [0.717, 1.165) is 46.4 Å². The predicted molar refractivity (Wildman–Crippen MR) is 277 cm³/mol. The van der Waals surface area contributed by atoms with Crippen LogP contribution in [0.1, 0.15) is 43.2 Å². The van der Waals surface area contributed by atoms with Gasteiger partial charge in [0.2, 0.25) is 0 Å². The Balaban J connectivity index is 0.754. The molecule has 0 radical (unpaired) electrons. The maximum absolute atomic E-state index is 2.56. The van der Waals surface area contributed by atoms with Crippen molar-refractivity contribution in [1.29, 1.82) is 0 Å². The SMILES string of the molecule is c1ccc(-c2ccc(N(c3ccc(-c4ccc(-c5ccc6c(c5)-c5ccccc5C65C6CC7CC8CC5C8(C7)C6)cc4)cc3)c3ccc(-n4c5ccccc5c5ccccc54)cc3)cc2)cc1. The number of aromatic nitrogens is 1. The Kier molecular flexibility index (Phi) is 7.92. The Labute approximate surface area is 392 Å². The van der Waals surface area contributed by atoms with E-state index in [4.69, 9.17) is 0 Å². The molecule has 6 atom stereocenters. The molecule has 1 aromatic heterocycles. The predicted octanol–water partition coefficient (Wildman–Crippen LogP) is 17.0. The molecule has 2 spiro atoms. The van der Waals surface area contributed by atoms with Crippen LogP contribution in [-0.2, 0) is 5.41 Å². The summed E-state index contributed by atoms with van der Waals surface area (Å²) in [7, 11) is 0. The molecule has 0 saturated heterocycles. The lowest BCUT2D eigenvalue weighted by Gasteiger charge is -2.54. The Morgan fingerprint density at radius 1 is 0.388 bits per heavy atom. The zero-order valence-corrected chi connectivity index (χ0v) is 37.5. The van der Waals surface area contributed by atoms with Crippen LogP contribution in [0.3, 0.4) is 0 Å². The van der Waals surface area contributed by atoms with Crippen LogP contribution in [0.5, 0.6) is 0 Å². The number of rotatable bonds is 7. The van der Waals surface area contributed by atoms with Crippen molar-refractivity contribution < 1.29 is 0 Å². The molecule has 6 unspecified atom stereocenters. The van der Waals surface area contributed by atoms with Crippen molar-refractivity contribution >= 4 is 38.9 Å². The highest BCUT2D eigenvalue weighted by Gasteiger charge is 2.76. The van der Waals surface area contributed by atoms with E-state index in [1.165, 1.54) is 98.4 Å². The molecule has 4 saturated carbocycles. The molecule has 2 heteroatoms. The Hall–Kier alpha value is -7.42. The van der Waals surface area contributed by atoms with E-state index in [1.54, 1.807) is 11.1 Å². The third-order valence-electron chi connectivity index (χ3n) is 17.7. The monoisotopic (exact) mass is 858 g/mol. The van der Waals surface area contributed by atoms with Gasteiger partial charge in [-0.05, 0) is 184 Å². The maximum atomic E-state index is 2.56. The molecule has 10 aromatic rings. The highest BCUT2D eigenvalue weighted by atomic mass is 15.1. The number of anilines is 3. The van der Waals surface area contributed by atoms with Crippen LogP contribution >= 0.6 is 0 Å². The van der Waals surface area contributed by atoms with Gasteiger partial charge in [0.1, 0.15) is 0 Å². The van der Waals surface area contributed by atoms with Gasteiger partial charge in [0.05, 0.1) is 11.0 Å². The zero-order chi connectivity index (χ0) is 43.8. The largest absolute Gasteiger partial charge is 0.311 e. The standard InChI is InChI=1S/C65H50N2/c1-2-10-43(11-3-1)45-22-27-51(28-23-45)66(53-31-33-54(34-32-53)67-61-16-8-5-13-56(61)57-14-6-9-17-62(57)67)52-29-24-46(25-30-52)44-18-20-47(21-19-44)48-26-35-60-58(38-48)55-12-4-7-15-59(55)65(60)50-37-42-36-49-39-63(65)64(49,40-42)41-50/h1-35,38,42,49-50,63H,36-37,39-41H2. The van der Waals surface area contributed by atoms with E-state index in [0.29, 0.717) is 5.41 Å². The topological polar surface area (TPSA) is 8.17 Å². The summed E-state index contributed by atoms with van der Waals surface area (Å²) in [5, 5.41) is 2.54. The summed E-state index contributed by atoms with van der Waals surface area (Å²) in [4.78, 5) is 2.37. The van der Waals surface area contributed by atoms with Crippen molar-refractivity contribution in [3.63, 3.8) is 0 Å². The Morgan fingerprint density at radius 3 is 1.54 bits per heavy atom. The molecule has 5 aliphatic carbocycles. The number of hydrogen-bond acceptors (Lipinski definition) is 1. The third-order valence-corrected chi connectivity index (χ3v) is 17.7. The molecule has 0 aliphatic heterocycles. The minimum atomic E-state index is 0.226. The van der Waals surface area contributed by atoms with Gasteiger partial charge >= 0.3 is 0 Å². The average Bonchev–Trinajstić information content (AvgIpc) is 4.00. The second-order valence-electron chi connectivity index (χ2n) is 20.6. The summed E-state index contributed by atoms with van der Waals surface area (Å²) < 4.78 is 2.39. The lowest BCUT2D eigenvalue weighted by atomic mass is 9.49. The van der Waals surface area contributed by atoms with Gasteiger partial charge in [0.25, 0.3) is 0 Å². The highest BCUT2D eigenvalue weighted by molar-refractivity contribution is 6.09. The number of para-hydroxylation sites is 2. The first kappa shape index (κ1) is 37.8. The summed E-state index contributed by atoms with van der Waals surface area (Å²) in [6.07, 6.45) is 7.37. The van der Waals surface area contributed by atoms with E-state index in [9.17, 15) is 0 Å². The van der Waals surface area contributed by atoms with E-state index >= 15 is 0 Å². The number of hydrogen-bond donors (Lipinski definition) is 0. The van der Waals surface area contributed by atoms with Gasteiger partial charge < -0.3 is 9.47 Å². The molecule has 5 aliphatic rings. The van der Waals surface area contributed by atoms with Gasteiger partial charge in [-0.2, -0.15) is 0 Å². The first-order valence-electron chi connectivity index (χ1n) is 24.6. The summed E-state index contributed by atoms with van der Waals surface area (Å²) in [6.45, 7) is 0. The Bertz CT molecular complexity index is 3510. The minimum absolute atomic E-state index is 0.226. The summed E-state index contributed by atoms with van der Waals surface area (Å²) in [5.74, 6) is 3.58. The maximum Gasteiger partial charge on any atom is 0.0541 e. The van der Waals surface area contributed by atoms with Gasteiger partial charge in [-0.3, -0.25) is 0 Å². The van der Waals surface area contributed by atoms with Gasteiger partial charge in [-0.15, -0.1) is 0 Å². The van der Waals surface area contributed by atoms with E-state index < -0.39 is 0 Å². The van der Waals surface area contributed by atoms with Gasteiger partial charge in [-0.25, -0.2) is 0 Å². The molecular weight excluding hydrogens is 809 g/mol. The second kappa shape index (κ2) is 14.0. The van der Waals surface area contributed by atoms with Crippen LogP contribution in [0.15, 0.2) is 218 Å². The fourth-order valence-electron chi connectivity index (χ4n) is 15.2. The summed E-state index contributed by atoms with van der Waals surface area (Å²) in [5.41, 5.74) is 21.5. The van der Waals surface area contributed by atoms with E-state index in [2.05, 4.69) is 228 Å². The van der Waals surface area contributed by atoms with E-state index in [-0.39, 0.29) is 5.41 Å². The van der Waals surface area contributed by atoms with Crippen LogP contribution in [0.25, 0.3) is 72.0 Å². The van der Waals surface area contributed by atoms with Crippen molar-refractivity contribution in [2.24, 2.45) is 29.1 Å². The van der Waals surface area contributed by atoms with Crippen molar-refractivity contribution in [3.05, 3.63) is 230 Å². The molecule has 320 valence electrons. The molecule has 15 rings (SSSR count). The smallest absolute Gasteiger partial charge is 0.0541 e. The fourth-order valence-corrected chi connectivity index (χ4v) is 15.2. The molecule has 2 nitrogen and oxygen atoms in total. The molecular formula is C65H50N2. The van der Waals surface area contributed by atoms with Crippen LogP contribution in [0.2, 0.25) is 0 Å². The first-order chi connectivity index (χ1) is 33.1. The normalized spacial score (nSPS) is 23.6. The summed E-state index contributed by atoms with van der Waals surface area (Å²) in [6, 6.07) is 81.6. The number of fused-ring (bicyclic) bond motifs is 12. The molecule has 3 bridgehead atoms. The summed E-state index contributed by atoms with van der Waals surface area (Å²) >= 11 is 0. The Morgan fingerprint density at radius 2 is 0.881 bits per heavy atom. The molecule has 9 aromatic carbocycles. The molecule has 4 fully saturated rings. The molecule has 0 amide bonds. The third kappa shape index (κ3) is 5.27. The molecule has 67 heavy (non-hydrogen) atoms. The average molecular weight is 859 g/mol. The minimum Gasteiger partial charge on any atom is -0.311 e. The van der Waals surface area contributed by atoms with Crippen LogP contribution in [0.4, 0.5) is 17.1 Å². The van der Waals surface area contributed by atoms with Crippen molar-refractivity contribution in [2.75, 3.05) is 4.90 Å². The van der Waals surface area contributed by atoms with Crippen molar-refractivity contribution in [1.82, 2.24) is 4.57 Å². The van der Waals surface area contributed by atoms with E-state index in [1.807, 2.05) is 0 Å². The van der Waals surface area contributed by atoms with Crippen LogP contribution in [-0.4, -0.2) is 4.57 Å². The van der Waals surface area contributed by atoms with Crippen molar-refractivity contribution in [3.8, 4) is 50.2 Å².